The van der Waals surface area contributed by atoms with Crippen molar-refractivity contribution in [2.75, 3.05) is 13.2 Å². The Balaban J connectivity index is 1.73. The number of carbonyl (C=O) groups excluding carboxylic acids is 1. The van der Waals surface area contributed by atoms with E-state index in [2.05, 4.69) is 0 Å². The maximum Gasteiger partial charge on any atom is 0.338 e. The molecule has 39 heavy (non-hydrogen) atoms. The second-order valence-corrected chi connectivity index (χ2v) is 9.91. The molecule has 1 aliphatic heterocycles. The van der Waals surface area contributed by atoms with E-state index in [0.717, 1.165) is 17.7 Å². The predicted molar refractivity (Wildman–Crippen MR) is 150 cm³/mol. The molecule has 198 valence electrons. The Morgan fingerprint density at radius 3 is 2.41 bits per heavy atom. The minimum absolute atomic E-state index is 0.156. The zero-order valence-corrected chi connectivity index (χ0v) is 22.4. The number of ether oxygens (including phenoxy) is 2. The van der Waals surface area contributed by atoms with E-state index in [9.17, 15) is 14.0 Å². The molecule has 5 rings (SSSR count). The van der Waals surface area contributed by atoms with Crippen LogP contribution in [0.4, 0.5) is 4.39 Å². The average Bonchev–Trinajstić information content (AvgIpc) is 3.27. The van der Waals surface area contributed by atoms with Crippen LogP contribution in [0.5, 0.6) is 5.75 Å². The smallest absolute Gasteiger partial charge is 0.338 e. The van der Waals surface area contributed by atoms with Gasteiger partial charge in [0, 0.05) is 5.56 Å². The highest BCUT2D eigenvalue weighted by atomic mass is 32.1. The van der Waals surface area contributed by atoms with Gasteiger partial charge in [-0.3, -0.25) is 9.36 Å². The Morgan fingerprint density at radius 1 is 1.03 bits per heavy atom. The number of benzene rings is 3. The first-order chi connectivity index (χ1) is 19.0. The lowest BCUT2D eigenvalue weighted by molar-refractivity contribution is -0.138. The highest BCUT2D eigenvalue weighted by Gasteiger charge is 2.35. The van der Waals surface area contributed by atoms with Gasteiger partial charge in [-0.05, 0) is 54.8 Å². The standard InChI is InChI=1S/C31H27FN2O4S/c1-3-18-38-24-16-10-20(11-17-24)19-25-29(35)34-28(22-12-14-23(32)15-13-22)26(30(36)37-4-2)27(33-31(34)39-25)21-8-6-5-7-9-21/h5-17,19,28H,3-4,18H2,1-2H3/b25-19-/t28-/m0/s1. The second-order valence-electron chi connectivity index (χ2n) is 8.90. The van der Waals surface area contributed by atoms with Gasteiger partial charge in [0.05, 0.1) is 35.1 Å². The molecule has 0 radical (unpaired) electrons. The minimum atomic E-state index is -0.844. The molecule has 6 nitrogen and oxygen atoms in total. The van der Waals surface area contributed by atoms with Crippen molar-refractivity contribution in [3.8, 4) is 5.75 Å². The fourth-order valence-electron chi connectivity index (χ4n) is 4.43. The molecule has 0 fully saturated rings. The molecule has 4 aromatic rings. The van der Waals surface area contributed by atoms with Crippen LogP contribution in [0, 0.1) is 5.82 Å². The molecule has 1 atom stereocenters. The van der Waals surface area contributed by atoms with Crippen molar-refractivity contribution < 1.29 is 18.7 Å². The van der Waals surface area contributed by atoms with Gasteiger partial charge in [0.15, 0.2) is 4.80 Å². The maximum atomic E-state index is 13.9. The normalized spacial score (nSPS) is 15.1. The van der Waals surface area contributed by atoms with Crippen LogP contribution in [0.2, 0.25) is 0 Å². The van der Waals surface area contributed by atoms with E-state index in [1.807, 2.05) is 61.5 Å². The molecule has 1 aliphatic rings. The number of halogens is 1. The molecule has 0 aliphatic carbocycles. The molecule has 3 aromatic carbocycles. The summed E-state index contributed by atoms with van der Waals surface area (Å²) in [5.41, 5.74) is 2.48. The number of aromatic nitrogens is 1. The Kier molecular flexibility index (Phi) is 7.84. The summed E-state index contributed by atoms with van der Waals surface area (Å²) in [4.78, 5) is 32.5. The lowest BCUT2D eigenvalue weighted by Gasteiger charge is -2.25. The lowest BCUT2D eigenvalue weighted by atomic mass is 9.93. The summed E-state index contributed by atoms with van der Waals surface area (Å²) in [5.74, 6) is -0.229. The SMILES string of the molecule is CCCOc1ccc(/C=c2\sc3n(c2=O)[C@@H](c2ccc(F)cc2)C(C(=O)OCC)=C(c2ccccc2)N=3)cc1. The van der Waals surface area contributed by atoms with Gasteiger partial charge in [0.1, 0.15) is 11.6 Å². The first-order valence-corrected chi connectivity index (χ1v) is 13.6. The maximum absolute atomic E-state index is 13.9. The lowest BCUT2D eigenvalue weighted by Crippen LogP contribution is -2.40. The molecule has 0 spiro atoms. The van der Waals surface area contributed by atoms with Crippen LogP contribution in [-0.4, -0.2) is 23.8 Å². The first kappa shape index (κ1) is 26.3. The van der Waals surface area contributed by atoms with Crippen LogP contribution >= 0.6 is 11.3 Å². The van der Waals surface area contributed by atoms with Crippen LogP contribution in [0.3, 0.4) is 0 Å². The Bertz CT molecular complexity index is 1690. The molecule has 2 heterocycles. The number of esters is 1. The third-order valence-corrected chi connectivity index (χ3v) is 7.19. The molecule has 1 aromatic heterocycles. The largest absolute Gasteiger partial charge is 0.494 e. The van der Waals surface area contributed by atoms with Gasteiger partial charge in [0.2, 0.25) is 0 Å². The van der Waals surface area contributed by atoms with Gasteiger partial charge in [-0.25, -0.2) is 14.2 Å². The summed E-state index contributed by atoms with van der Waals surface area (Å²) in [6.45, 7) is 4.56. The molecule has 8 heteroatoms. The van der Waals surface area contributed by atoms with Crippen molar-refractivity contribution in [1.29, 1.82) is 0 Å². The zero-order valence-electron chi connectivity index (χ0n) is 21.6. The van der Waals surface area contributed by atoms with Gasteiger partial charge < -0.3 is 9.47 Å². The highest BCUT2D eigenvalue weighted by Crippen LogP contribution is 2.35. The second kappa shape index (κ2) is 11.6. The van der Waals surface area contributed by atoms with Crippen molar-refractivity contribution in [2.45, 2.75) is 26.3 Å². The molecular weight excluding hydrogens is 515 g/mol. The minimum Gasteiger partial charge on any atom is -0.494 e. The Hall–Kier alpha value is -4.30. The quantitative estimate of drug-likeness (QED) is 0.298. The van der Waals surface area contributed by atoms with Gasteiger partial charge in [-0.1, -0.05) is 72.9 Å². The molecule has 0 N–H and O–H groups in total. The van der Waals surface area contributed by atoms with Crippen molar-refractivity contribution >= 4 is 29.1 Å². The van der Waals surface area contributed by atoms with Crippen molar-refractivity contribution in [1.82, 2.24) is 4.57 Å². The molecule has 0 bridgehead atoms. The summed E-state index contributed by atoms with van der Waals surface area (Å²) < 4.78 is 27.0. The summed E-state index contributed by atoms with van der Waals surface area (Å²) in [5, 5.41) is 0. The van der Waals surface area contributed by atoms with Crippen molar-refractivity contribution in [3.05, 3.63) is 127 Å². The summed E-state index contributed by atoms with van der Waals surface area (Å²) in [6, 6.07) is 21.8. The van der Waals surface area contributed by atoms with Gasteiger partial charge in [-0.2, -0.15) is 0 Å². The monoisotopic (exact) mass is 542 g/mol. The van der Waals surface area contributed by atoms with E-state index in [1.54, 1.807) is 25.1 Å². The summed E-state index contributed by atoms with van der Waals surface area (Å²) >= 11 is 1.24. The van der Waals surface area contributed by atoms with Crippen LogP contribution in [0.15, 0.2) is 94.2 Å². The van der Waals surface area contributed by atoms with E-state index in [4.69, 9.17) is 14.5 Å². The Morgan fingerprint density at radius 2 is 1.74 bits per heavy atom. The molecule has 0 saturated heterocycles. The average molecular weight is 543 g/mol. The third kappa shape index (κ3) is 5.47. The van der Waals surface area contributed by atoms with Crippen molar-refractivity contribution in [2.24, 2.45) is 4.99 Å². The number of hydrogen-bond acceptors (Lipinski definition) is 6. The number of carbonyl (C=O) groups is 1. The van der Waals surface area contributed by atoms with E-state index in [0.29, 0.717) is 32.8 Å². The number of fused-ring (bicyclic) bond motifs is 1. The Labute approximate surface area is 229 Å². The van der Waals surface area contributed by atoms with Crippen LogP contribution in [-0.2, 0) is 9.53 Å². The van der Waals surface area contributed by atoms with E-state index in [-0.39, 0.29) is 17.7 Å². The fourth-order valence-corrected chi connectivity index (χ4v) is 5.43. The molecular formula is C31H27FN2O4S. The molecule has 0 amide bonds. The van der Waals surface area contributed by atoms with Crippen LogP contribution in [0.1, 0.15) is 43.0 Å². The van der Waals surface area contributed by atoms with Gasteiger partial charge in [0.25, 0.3) is 5.56 Å². The van der Waals surface area contributed by atoms with E-state index in [1.165, 1.54) is 28.0 Å². The number of rotatable bonds is 8. The highest BCUT2D eigenvalue weighted by molar-refractivity contribution is 7.07. The first-order valence-electron chi connectivity index (χ1n) is 12.8. The van der Waals surface area contributed by atoms with Crippen LogP contribution in [0.25, 0.3) is 11.8 Å². The zero-order chi connectivity index (χ0) is 27.4. The van der Waals surface area contributed by atoms with E-state index < -0.39 is 17.8 Å². The summed E-state index contributed by atoms with van der Waals surface area (Å²) in [7, 11) is 0. The predicted octanol–water partition coefficient (Wildman–Crippen LogP) is 4.86. The number of nitrogens with zero attached hydrogens (tertiary/aromatic N) is 2. The number of hydrogen-bond donors (Lipinski definition) is 0. The fraction of sp³-hybridized carbons (Fsp3) is 0.194. The topological polar surface area (TPSA) is 69.9 Å². The number of thiazole rings is 1. The third-order valence-electron chi connectivity index (χ3n) is 6.21. The van der Waals surface area contributed by atoms with Gasteiger partial charge >= 0.3 is 5.97 Å². The summed E-state index contributed by atoms with van der Waals surface area (Å²) in [6.07, 6.45) is 2.71. The van der Waals surface area contributed by atoms with E-state index >= 15 is 0 Å². The van der Waals surface area contributed by atoms with Crippen LogP contribution < -0.4 is 19.6 Å². The van der Waals surface area contributed by atoms with Crippen molar-refractivity contribution in [3.63, 3.8) is 0 Å². The van der Waals surface area contributed by atoms with Gasteiger partial charge in [-0.15, -0.1) is 0 Å². The molecule has 0 unspecified atom stereocenters. The molecule has 0 saturated carbocycles.